The maximum atomic E-state index is 5.26. The van der Waals surface area contributed by atoms with Gasteiger partial charge in [0.15, 0.2) is 0 Å². The first-order valence-electron chi connectivity index (χ1n) is 9.82. The summed E-state index contributed by atoms with van der Waals surface area (Å²) in [6.07, 6.45) is 0. The van der Waals surface area contributed by atoms with Gasteiger partial charge in [-0.05, 0) is 73.5 Å². The summed E-state index contributed by atoms with van der Waals surface area (Å²) in [4.78, 5) is 2.29. The average Bonchev–Trinajstić information content (AvgIpc) is 2.77. The van der Waals surface area contributed by atoms with Crippen LogP contribution in [0.3, 0.4) is 0 Å². The Balaban J connectivity index is 1.72. The zero-order chi connectivity index (χ0) is 20.2. The third kappa shape index (κ3) is 4.17. The van der Waals surface area contributed by atoms with Gasteiger partial charge in [0.25, 0.3) is 0 Å². The lowest BCUT2D eigenvalue weighted by Gasteiger charge is -2.26. The summed E-state index contributed by atoms with van der Waals surface area (Å²) in [5.41, 5.74) is 8.31. The Labute approximate surface area is 173 Å². The molecule has 0 bridgehead atoms. The van der Waals surface area contributed by atoms with E-state index in [2.05, 4.69) is 104 Å². The Kier molecular flexibility index (Phi) is 5.35. The highest BCUT2D eigenvalue weighted by Crippen LogP contribution is 2.35. The highest BCUT2D eigenvalue weighted by atomic mass is 16.5. The van der Waals surface area contributed by atoms with Crippen LogP contribution >= 0.6 is 0 Å². The van der Waals surface area contributed by atoms with Gasteiger partial charge in [0, 0.05) is 17.1 Å². The van der Waals surface area contributed by atoms with Gasteiger partial charge in [-0.25, -0.2) is 0 Å². The molecule has 0 aliphatic rings. The van der Waals surface area contributed by atoms with Crippen LogP contribution in [0.4, 0.5) is 17.1 Å². The minimum Gasteiger partial charge on any atom is -0.497 e. The number of aryl methyl sites for hydroxylation is 2. The van der Waals surface area contributed by atoms with Crippen LogP contribution < -0.4 is 9.64 Å². The van der Waals surface area contributed by atoms with Crippen LogP contribution in [0.15, 0.2) is 97.1 Å². The second kappa shape index (κ2) is 8.24. The fraction of sp³-hybridized carbons (Fsp3) is 0.111. The lowest BCUT2D eigenvalue weighted by atomic mass is 10.0. The zero-order valence-corrected chi connectivity index (χ0v) is 17.1. The quantitative estimate of drug-likeness (QED) is 0.357. The van der Waals surface area contributed by atoms with Gasteiger partial charge >= 0.3 is 0 Å². The van der Waals surface area contributed by atoms with Gasteiger partial charge in [0.1, 0.15) is 5.75 Å². The molecule has 0 saturated carbocycles. The van der Waals surface area contributed by atoms with Gasteiger partial charge in [-0.1, -0.05) is 59.7 Å². The molecule has 4 rings (SSSR count). The van der Waals surface area contributed by atoms with Gasteiger partial charge in [0.2, 0.25) is 0 Å². The lowest BCUT2D eigenvalue weighted by Crippen LogP contribution is -2.09. The van der Waals surface area contributed by atoms with Crippen molar-refractivity contribution in [3.05, 3.63) is 108 Å². The SMILES string of the molecule is COc1ccc(-c2ccc(N(c3ccc(C)cc3)c3ccc(C)cc3)cc2)cc1. The molecule has 0 unspecified atom stereocenters. The van der Waals surface area contributed by atoms with Crippen molar-refractivity contribution in [2.75, 3.05) is 12.0 Å². The molecule has 0 aliphatic heterocycles. The summed E-state index contributed by atoms with van der Waals surface area (Å²) in [6.45, 7) is 4.23. The number of hydrogen-bond acceptors (Lipinski definition) is 2. The van der Waals surface area contributed by atoms with Crippen molar-refractivity contribution in [1.82, 2.24) is 0 Å². The molecule has 0 atom stereocenters. The van der Waals surface area contributed by atoms with E-state index in [1.807, 2.05) is 12.1 Å². The van der Waals surface area contributed by atoms with E-state index in [1.54, 1.807) is 7.11 Å². The van der Waals surface area contributed by atoms with E-state index in [1.165, 1.54) is 22.3 Å². The van der Waals surface area contributed by atoms with Crippen LogP contribution in [0.5, 0.6) is 5.75 Å². The van der Waals surface area contributed by atoms with Gasteiger partial charge in [-0.15, -0.1) is 0 Å². The van der Waals surface area contributed by atoms with Crippen molar-refractivity contribution in [2.45, 2.75) is 13.8 Å². The third-order valence-electron chi connectivity index (χ3n) is 5.13. The van der Waals surface area contributed by atoms with Crippen molar-refractivity contribution in [2.24, 2.45) is 0 Å². The molecule has 0 aromatic heterocycles. The van der Waals surface area contributed by atoms with E-state index < -0.39 is 0 Å². The normalized spacial score (nSPS) is 10.6. The smallest absolute Gasteiger partial charge is 0.118 e. The lowest BCUT2D eigenvalue weighted by molar-refractivity contribution is 0.415. The van der Waals surface area contributed by atoms with E-state index >= 15 is 0 Å². The molecule has 0 fully saturated rings. The highest BCUT2D eigenvalue weighted by molar-refractivity contribution is 5.78. The van der Waals surface area contributed by atoms with Crippen LogP contribution in [0.25, 0.3) is 11.1 Å². The number of hydrogen-bond donors (Lipinski definition) is 0. The fourth-order valence-corrected chi connectivity index (χ4v) is 3.42. The Morgan fingerprint density at radius 3 is 1.21 bits per heavy atom. The van der Waals surface area contributed by atoms with Gasteiger partial charge in [-0.3, -0.25) is 0 Å². The number of nitrogens with zero attached hydrogens (tertiary/aromatic N) is 1. The second-order valence-electron chi connectivity index (χ2n) is 7.28. The molecule has 0 aliphatic carbocycles. The first kappa shape index (κ1) is 18.8. The number of rotatable bonds is 5. The second-order valence-corrected chi connectivity index (χ2v) is 7.28. The third-order valence-corrected chi connectivity index (χ3v) is 5.13. The van der Waals surface area contributed by atoms with Crippen molar-refractivity contribution in [1.29, 1.82) is 0 Å². The molecule has 4 aromatic carbocycles. The van der Waals surface area contributed by atoms with Crippen LogP contribution in [0.1, 0.15) is 11.1 Å². The van der Waals surface area contributed by atoms with E-state index in [0.29, 0.717) is 0 Å². The Morgan fingerprint density at radius 2 is 0.828 bits per heavy atom. The van der Waals surface area contributed by atoms with Crippen molar-refractivity contribution in [3.8, 4) is 16.9 Å². The molecule has 2 nitrogen and oxygen atoms in total. The van der Waals surface area contributed by atoms with Crippen molar-refractivity contribution >= 4 is 17.1 Å². The maximum absolute atomic E-state index is 5.26. The Hall–Kier alpha value is -3.52. The monoisotopic (exact) mass is 379 g/mol. The van der Waals surface area contributed by atoms with E-state index in [9.17, 15) is 0 Å². The highest BCUT2D eigenvalue weighted by Gasteiger charge is 2.12. The van der Waals surface area contributed by atoms with Crippen LogP contribution in [0, 0.1) is 13.8 Å². The van der Waals surface area contributed by atoms with Gasteiger partial charge in [-0.2, -0.15) is 0 Å². The first-order chi connectivity index (χ1) is 14.1. The summed E-state index contributed by atoms with van der Waals surface area (Å²) < 4.78 is 5.26. The minimum atomic E-state index is 0.871. The topological polar surface area (TPSA) is 12.5 Å². The maximum Gasteiger partial charge on any atom is 0.118 e. The van der Waals surface area contributed by atoms with E-state index in [4.69, 9.17) is 4.74 Å². The molecule has 2 heteroatoms. The summed E-state index contributed by atoms with van der Waals surface area (Å²) in [5.74, 6) is 0.871. The van der Waals surface area contributed by atoms with Gasteiger partial charge in [0.05, 0.1) is 7.11 Å². The number of benzene rings is 4. The molecule has 0 spiro atoms. The van der Waals surface area contributed by atoms with Gasteiger partial charge < -0.3 is 9.64 Å². The number of methoxy groups -OCH3 is 1. The van der Waals surface area contributed by atoms with Crippen LogP contribution in [0.2, 0.25) is 0 Å². The average molecular weight is 380 g/mol. The molecule has 144 valence electrons. The van der Waals surface area contributed by atoms with Crippen LogP contribution in [-0.4, -0.2) is 7.11 Å². The summed E-state index contributed by atoms with van der Waals surface area (Å²) in [7, 11) is 1.69. The predicted octanol–water partition coefficient (Wildman–Crippen LogP) is 7.45. The molecule has 0 amide bonds. The van der Waals surface area contributed by atoms with Crippen LogP contribution in [-0.2, 0) is 0 Å². The molecule has 0 N–H and O–H groups in total. The number of ether oxygens (including phenoxy) is 1. The summed E-state index contributed by atoms with van der Waals surface area (Å²) in [6, 6.07) is 34.2. The molecule has 0 saturated heterocycles. The minimum absolute atomic E-state index is 0.871. The Bertz CT molecular complexity index is 1020. The molecule has 0 heterocycles. The largest absolute Gasteiger partial charge is 0.497 e. The van der Waals surface area contributed by atoms with E-state index in [0.717, 1.165) is 22.8 Å². The summed E-state index contributed by atoms with van der Waals surface area (Å²) in [5, 5.41) is 0. The molecule has 29 heavy (non-hydrogen) atoms. The fourth-order valence-electron chi connectivity index (χ4n) is 3.42. The zero-order valence-electron chi connectivity index (χ0n) is 17.1. The predicted molar refractivity (Wildman–Crippen MR) is 123 cm³/mol. The molecule has 0 radical (unpaired) electrons. The Morgan fingerprint density at radius 1 is 0.483 bits per heavy atom. The molecular formula is C27H25NO. The summed E-state index contributed by atoms with van der Waals surface area (Å²) >= 11 is 0. The molecular weight excluding hydrogens is 354 g/mol. The van der Waals surface area contributed by atoms with Crippen molar-refractivity contribution in [3.63, 3.8) is 0 Å². The van der Waals surface area contributed by atoms with Crippen molar-refractivity contribution < 1.29 is 4.74 Å². The van der Waals surface area contributed by atoms with E-state index in [-0.39, 0.29) is 0 Å². The first-order valence-corrected chi connectivity index (χ1v) is 9.82. The molecule has 4 aromatic rings. The number of anilines is 3. The standard InChI is InChI=1S/C27H25NO/c1-20-4-12-24(13-5-20)28(25-14-6-21(2)7-15-25)26-16-8-22(9-17-26)23-10-18-27(29-3)19-11-23/h4-19H,1-3H3.